The standard InChI is InChI=1S/C8H10N2O4S/c1-15(13,14)6-3-2-4-9-8(6)10-5-7(11)12/h2-4H,5H2,1H3,(H,9,10)(H,11,12). The Kier molecular flexibility index (Phi) is 3.25. The molecule has 6 nitrogen and oxygen atoms in total. The molecule has 0 saturated heterocycles. The lowest BCUT2D eigenvalue weighted by molar-refractivity contribution is -0.134. The van der Waals surface area contributed by atoms with E-state index in [1.807, 2.05) is 0 Å². The number of nitrogens with one attached hydrogen (secondary N) is 1. The van der Waals surface area contributed by atoms with E-state index in [-0.39, 0.29) is 17.3 Å². The Morgan fingerprint density at radius 1 is 1.60 bits per heavy atom. The summed E-state index contributed by atoms with van der Waals surface area (Å²) < 4.78 is 22.5. The summed E-state index contributed by atoms with van der Waals surface area (Å²) in [7, 11) is -3.40. The van der Waals surface area contributed by atoms with Crippen molar-refractivity contribution in [2.45, 2.75) is 4.90 Å². The Bertz CT molecular complexity index is 469. The number of nitrogens with zero attached hydrogens (tertiary/aromatic N) is 1. The van der Waals surface area contributed by atoms with Crippen molar-refractivity contribution in [1.82, 2.24) is 4.98 Å². The van der Waals surface area contributed by atoms with Crippen molar-refractivity contribution in [3.05, 3.63) is 18.3 Å². The number of carboxylic acids is 1. The second-order valence-corrected chi connectivity index (χ2v) is 4.85. The molecule has 0 unspecified atom stereocenters. The normalized spacial score (nSPS) is 11.0. The van der Waals surface area contributed by atoms with Gasteiger partial charge in [-0.2, -0.15) is 0 Å². The van der Waals surface area contributed by atoms with Crippen molar-refractivity contribution in [3.8, 4) is 0 Å². The molecule has 0 atom stereocenters. The van der Waals surface area contributed by atoms with E-state index < -0.39 is 15.8 Å². The minimum atomic E-state index is -3.40. The largest absolute Gasteiger partial charge is 0.480 e. The highest BCUT2D eigenvalue weighted by atomic mass is 32.2. The summed E-state index contributed by atoms with van der Waals surface area (Å²) >= 11 is 0. The van der Waals surface area contributed by atoms with Crippen LogP contribution in [0.1, 0.15) is 0 Å². The van der Waals surface area contributed by atoms with E-state index in [0.717, 1.165) is 6.26 Å². The summed E-state index contributed by atoms with van der Waals surface area (Å²) in [6.07, 6.45) is 2.43. The van der Waals surface area contributed by atoms with Gasteiger partial charge in [0.2, 0.25) is 0 Å². The maximum atomic E-state index is 11.3. The highest BCUT2D eigenvalue weighted by molar-refractivity contribution is 7.90. The van der Waals surface area contributed by atoms with Crippen LogP contribution >= 0.6 is 0 Å². The van der Waals surface area contributed by atoms with Crippen molar-refractivity contribution < 1.29 is 18.3 Å². The van der Waals surface area contributed by atoms with Crippen molar-refractivity contribution in [2.24, 2.45) is 0 Å². The summed E-state index contributed by atoms with van der Waals surface area (Å²) in [5.41, 5.74) is 0. The SMILES string of the molecule is CS(=O)(=O)c1cccnc1NCC(=O)O. The molecule has 0 aliphatic rings. The van der Waals surface area contributed by atoms with Crippen molar-refractivity contribution in [3.63, 3.8) is 0 Å². The van der Waals surface area contributed by atoms with Gasteiger partial charge in [0.1, 0.15) is 17.3 Å². The molecule has 0 fully saturated rings. The first-order valence-corrected chi connectivity index (χ1v) is 5.91. The van der Waals surface area contributed by atoms with Gasteiger partial charge in [0.25, 0.3) is 0 Å². The fraction of sp³-hybridized carbons (Fsp3) is 0.250. The molecule has 0 saturated carbocycles. The predicted molar refractivity (Wildman–Crippen MR) is 53.5 cm³/mol. The monoisotopic (exact) mass is 230 g/mol. The summed E-state index contributed by atoms with van der Waals surface area (Å²) in [5.74, 6) is -1.03. The molecular formula is C8H10N2O4S. The van der Waals surface area contributed by atoms with Gasteiger partial charge >= 0.3 is 5.97 Å². The van der Waals surface area contributed by atoms with Crippen LogP contribution in [0.25, 0.3) is 0 Å². The van der Waals surface area contributed by atoms with Crippen LogP contribution in [0.4, 0.5) is 5.82 Å². The maximum absolute atomic E-state index is 11.3. The zero-order valence-electron chi connectivity index (χ0n) is 7.97. The molecule has 1 aromatic heterocycles. The lowest BCUT2D eigenvalue weighted by atomic mass is 10.4. The molecule has 0 aliphatic carbocycles. The first-order chi connectivity index (χ1) is 6.91. The first kappa shape index (κ1) is 11.4. The Labute approximate surface area is 86.9 Å². The zero-order valence-corrected chi connectivity index (χ0v) is 8.78. The molecule has 0 amide bonds. The van der Waals surface area contributed by atoms with E-state index in [9.17, 15) is 13.2 Å². The molecule has 82 valence electrons. The fourth-order valence-corrected chi connectivity index (χ4v) is 1.78. The van der Waals surface area contributed by atoms with Crippen LogP contribution in [0.3, 0.4) is 0 Å². The lowest BCUT2D eigenvalue weighted by Gasteiger charge is -2.06. The number of aliphatic carboxylic acids is 1. The minimum absolute atomic E-state index is 0.00810. The van der Waals surface area contributed by atoms with Crippen LogP contribution < -0.4 is 5.32 Å². The van der Waals surface area contributed by atoms with Gasteiger partial charge in [-0.25, -0.2) is 13.4 Å². The highest BCUT2D eigenvalue weighted by Crippen LogP contribution is 2.16. The number of rotatable bonds is 4. The number of pyridine rings is 1. The molecule has 1 aromatic rings. The van der Waals surface area contributed by atoms with Gasteiger partial charge in [0.05, 0.1) is 0 Å². The zero-order chi connectivity index (χ0) is 11.5. The van der Waals surface area contributed by atoms with Crippen LogP contribution in [0.5, 0.6) is 0 Å². The number of sulfone groups is 1. The Morgan fingerprint density at radius 3 is 2.80 bits per heavy atom. The van der Waals surface area contributed by atoms with Gasteiger partial charge in [-0.3, -0.25) is 4.79 Å². The number of hydrogen-bond donors (Lipinski definition) is 2. The van der Waals surface area contributed by atoms with E-state index in [1.54, 1.807) is 0 Å². The van der Waals surface area contributed by atoms with Gasteiger partial charge in [-0.1, -0.05) is 0 Å². The number of aromatic nitrogens is 1. The van der Waals surface area contributed by atoms with E-state index in [2.05, 4.69) is 10.3 Å². The van der Waals surface area contributed by atoms with E-state index >= 15 is 0 Å². The number of anilines is 1. The number of carboxylic acid groups (broad SMARTS) is 1. The van der Waals surface area contributed by atoms with Crippen LogP contribution in [0.15, 0.2) is 23.2 Å². The third-order valence-corrected chi connectivity index (χ3v) is 2.71. The molecular weight excluding hydrogens is 220 g/mol. The van der Waals surface area contributed by atoms with Gasteiger partial charge < -0.3 is 10.4 Å². The Balaban J connectivity index is 3.02. The Morgan fingerprint density at radius 2 is 2.27 bits per heavy atom. The Hall–Kier alpha value is -1.63. The van der Waals surface area contributed by atoms with Crippen LogP contribution in [-0.2, 0) is 14.6 Å². The van der Waals surface area contributed by atoms with E-state index in [0.29, 0.717) is 0 Å². The fourth-order valence-electron chi connectivity index (χ4n) is 0.982. The first-order valence-electron chi connectivity index (χ1n) is 4.02. The van der Waals surface area contributed by atoms with Crippen LogP contribution in [0.2, 0.25) is 0 Å². The summed E-state index contributed by atoms with van der Waals surface area (Å²) in [4.78, 5) is 14.0. The quantitative estimate of drug-likeness (QED) is 0.754. The highest BCUT2D eigenvalue weighted by Gasteiger charge is 2.13. The number of carbonyl (C=O) groups is 1. The van der Waals surface area contributed by atoms with Crippen molar-refractivity contribution in [2.75, 3.05) is 18.1 Å². The molecule has 0 aromatic carbocycles. The molecule has 1 rings (SSSR count). The number of hydrogen-bond acceptors (Lipinski definition) is 5. The van der Waals surface area contributed by atoms with Gasteiger partial charge in [0.15, 0.2) is 9.84 Å². The summed E-state index contributed by atoms with van der Waals surface area (Å²) in [6, 6.07) is 2.84. The van der Waals surface area contributed by atoms with Crippen LogP contribution in [0, 0.1) is 0 Å². The second-order valence-electron chi connectivity index (χ2n) is 2.87. The average molecular weight is 230 g/mol. The molecule has 7 heteroatoms. The van der Waals surface area contributed by atoms with Gasteiger partial charge in [-0.15, -0.1) is 0 Å². The summed E-state index contributed by atoms with van der Waals surface area (Å²) in [5, 5.41) is 10.9. The van der Waals surface area contributed by atoms with Crippen molar-refractivity contribution in [1.29, 1.82) is 0 Å². The smallest absolute Gasteiger partial charge is 0.322 e. The van der Waals surface area contributed by atoms with Gasteiger partial charge in [0, 0.05) is 12.5 Å². The van der Waals surface area contributed by atoms with E-state index in [1.165, 1.54) is 18.3 Å². The van der Waals surface area contributed by atoms with Crippen molar-refractivity contribution >= 4 is 21.6 Å². The molecule has 0 radical (unpaired) electrons. The molecule has 0 aliphatic heterocycles. The summed E-state index contributed by atoms with van der Waals surface area (Å²) in [6.45, 7) is -0.375. The molecule has 1 heterocycles. The maximum Gasteiger partial charge on any atom is 0.322 e. The molecule has 2 N–H and O–H groups in total. The molecule has 0 spiro atoms. The molecule has 15 heavy (non-hydrogen) atoms. The van der Waals surface area contributed by atoms with Crippen LogP contribution in [-0.4, -0.2) is 37.3 Å². The average Bonchev–Trinajstić information content (AvgIpc) is 2.13. The second kappa shape index (κ2) is 4.26. The third-order valence-electron chi connectivity index (χ3n) is 1.58. The van der Waals surface area contributed by atoms with Gasteiger partial charge in [-0.05, 0) is 12.1 Å². The third kappa shape index (κ3) is 3.21. The topological polar surface area (TPSA) is 96.4 Å². The lowest BCUT2D eigenvalue weighted by Crippen LogP contribution is -2.15. The molecule has 0 bridgehead atoms. The minimum Gasteiger partial charge on any atom is -0.480 e. The van der Waals surface area contributed by atoms with E-state index in [4.69, 9.17) is 5.11 Å². The predicted octanol–water partition coefficient (Wildman–Crippen LogP) is -0.0184.